The Hall–Kier alpha value is -1.84. The lowest BCUT2D eigenvalue weighted by Crippen LogP contribution is -2.29. The van der Waals surface area contributed by atoms with Crippen molar-refractivity contribution in [3.05, 3.63) is 58.3 Å². The van der Waals surface area contributed by atoms with Gasteiger partial charge in [-0.1, -0.05) is 18.2 Å². The monoisotopic (exact) mass is 443 g/mol. The lowest BCUT2D eigenvalue weighted by Gasteiger charge is -2.16. The largest absolute Gasteiger partial charge is 0.320 e. The molecule has 0 bridgehead atoms. The molecule has 138 valence electrons. The summed E-state index contributed by atoms with van der Waals surface area (Å²) in [6, 6.07) is 10.3. The van der Waals surface area contributed by atoms with Crippen LogP contribution in [0.3, 0.4) is 0 Å². The highest BCUT2D eigenvalue weighted by Crippen LogP contribution is 2.29. The van der Waals surface area contributed by atoms with Gasteiger partial charge < -0.3 is 0 Å². The number of hydrogen-bond acceptors (Lipinski definition) is 3. The van der Waals surface area contributed by atoms with Crippen LogP contribution in [0.4, 0.5) is 8.78 Å². The second kappa shape index (κ2) is 7.05. The Bertz CT molecular complexity index is 1070. The smallest absolute Gasteiger partial charge is 0.269 e. The molecule has 0 radical (unpaired) electrons. The van der Waals surface area contributed by atoms with Crippen LogP contribution in [0.5, 0.6) is 0 Å². The summed E-state index contributed by atoms with van der Waals surface area (Å²) >= 11 is 3.23. The first-order valence-corrected chi connectivity index (χ1v) is 10.0. The lowest BCUT2D eigenvalue weighted by atomic mass is 10.2. The number of sulfonamides is 1. The van der Waals surface area contributed by atoms with Gasteiger partial charge in [0.05, 0.1) is 22.0 Å². The van der Waals surface area contributed by atoms with Gasteiger partial charge >= 0.3 is 6.55 Å². The van der Waals surface area contributed by atoms with E-state index < -0.39 is 22.6 Å². The maximum Gasteiger partial charge on any atom is 0.320 e. The number of halogens is 3. The molecule has 0 aliphatic rings. The number of aromatic nitrogens is 2. The predicted molar refractivity (Wildman–Crippen MR) is 98.6 cm³/mol. The van der Waals surface area contributed by atoms with Gasteiger partial charge in [0.15, 0.2) is 0 Å². The van der Waals surface area contributed by atoms with Crippen molar-refractivity contribution in [1.82, 2.24) is 14.3 Å². The minimum Gasteiger partial charge on any atom is -0.269 e. The summed E-state index contributed by atoms with van der Waals surface area (Å²) in [4.78, 5) is 4.23. The molecular formula is C17H16BrF2N3O2S. The molecule has 9 heteroatoms. The number of imidazole rings is 1. The van der Waals surface area contributed by atoms with E-state index in [0.717, 1.165) is 10.1 Å². The Labute approximate surface area is 158 Å². The van der Waals surface area contributed by atoms with Gasteiger partial charge in [0.25, 0.3) is 0 Å². The third kappa shape index (κ3) is 3.51. The van der Waals surface area contributed by atoms with Gasteiger partial charge in [-0.05, 0) is 59.6 Å². The molecule has 1 aromatic heterocycles. The zero-order valence-corrected chi connectivity index (χ0v) is 16.4. The summed E-state index contributed by atoms with van der Waals surface area (Å²) in [5.41, 5.74) is 1.52. The fraction of sp³-hybridized carbons (Fsp3) is 0.235. The molecule has 26 heavy (non-hydrogen) atoms. The Balaban J connectivity index is 2.01. The number of alkyl halides is 2. The third-order valence-corrected chi connectivity index (χ3v) is 6.43. The van der Waals surface area contributed by atoms with Crippen LogP contribution in [-0.2, 0) is 10.0 Å². The van der Waals surface area contributed by atoms with Crippen molar-refractivity contribution in [3.8, 4) is 0 Å². The van der Waals surface area contributed by atoms with E-state index in [2.05, 4.69) is 25.6 Å². The normalized spacial score (nSPS) is 13.5. The second-order valence-corrected chi connectivity index (χ2v) is 8.42. The number of benzene rings is 2. The van der Waals surface area contributed by atoms with Crippen molar-refractivity contribution in [2.45, 2.75) is 31.3 Å². The highest BCUT2D eigenvalue weighted by atomic mass is 79.9. The quantitative estimate of drug-likeness (QED) is 0.629. The van der Waals surface area contributed by atoms with Gasteiger partial charge in [-0.2, -0.15) is 8.78 Å². The third-order valence-electron chi connectivity index (χ3n) is 3.91. The SMILES string of the molecule is Cc1ccc(S(=O)(=O)N[C@@H](C)c2nc3ccccc3n2C(F)F)c(Br)c1. The molecule has 0 aliphatic heterocycles. The van der Waals surface area contributed by atoms with Crippen LogP contribution in [0.1, 0.15) is 30.9 Å². The van der Waals surface area contributed by atoms with E-state index in [1.165, 1.54) is 19.1 Å². The number of aryl methyl sites for hydroxylation is 1. The van der Waals surface area contributed by atoms with Crippen LogP contribution < -0.4 is 4.72 Å². The summed E-state index contributed by atoms with van der Waals surface area (Å²) in [5, 5.41) is 0. The number of fused-ring (bicyclic) bond motifs is 1. The second-order valence-electron chi connectivity index (χ2n) is 5.88. The summed E-state index contributed by atoms with van der Waals surface area (Å²) in [7, 11) is -3.93. The molecule has 1 atom stereocenters. The number of hydrogen-bond donors (Lipinski definition) is 1. The van der Waals surface area contributed by atoms with Gasteiger partial charge in [-0.25, -0.2) is 18.1 Å². The predicted octanol–water partition coefficient (Wildman–Crippen LogP) is 4.54. The topological polar surface area (TPSA) is 64.0 Å². The van der Waals surface area contributed by atoms with Crippen molar-refractivity contribution >= 4 is 37.0 Å². The molecule has 1 heterocycles. The Kier molecular flexibility index (Phi) is 5.14. The fourth-order valence-corrected chi connectivity index (χ4v) is 5.14. The number of rotatable bonds is 5. The van der Waals surface area contributed by atoms with Crippen LogP contribution in [0.2, 0.25) is 0 Å². The molecule has 5 nitrogen and oxygen atoms in total. The first-order valence-electron chi connectivity index (χ1n) is 7.74. The van der Waals surface area contributed by atoms with Crippen LogP contribution in [-0.4, -0.2) is 18.0 Å². The summed E-state index contributed by atoms with van der Waals surface area (Å²) in [6.45, 7) is 0.484. The minimum atomic E-state index is -3.93. The molecule has 2 aromatic carbocycles. The molecule has 0 saturated carbocycles. The van der Waals surface area contributed by atoms with Gasteiger partial charge in [0, 0.05) is 4.47 Å². The van der Waals surface area contributed by atoms with E-state index in [0.29, 0.717) is 9.99 Å². The first kappa shape index (κ1) is 18.9. The van der Waals surface area contributed by atoms with E-state index in [4.69, 9.17) is 0 Å². The highest BCUT2D eigenvalue weighted by molar-refractivity contribution is 9.10. The molecule has 0 aliphatic carbocycles. The zero-order chi connectivity index (χ0) is 19.1. The molecule has 0 unspecified atom stereocenters. The average Bonchev–Trinajstić information content (AvgIpc) is 2.93. The molecule has 0 amide bonds. The van der Waals surface area contributed by atoms with Crippen LogP contribution in [0.25, 0.3) is 11.0 Å². The fourth-order valence-electron chi connectivity index (χ4n) is 2.75. The molecule has 0 fully saturated rings. The van der Waals surface area contributed by atoms with Crippen molar-refractivity contribution in [3.63, 3.8) is 0 Å². The Morgan fingerprint density at radius 1 is 1.19 bits per heavy atom. The van der Waals surface area contributed by atoms with E-state index in [1.807, 2.05) is 6.92 Å². The number of nitrogens with zero attached hydrogens (tertiary/aromatic N) is 2. The van der Waals surface area contributed by atoms with Gasteiger partial charge in [-0.3, -0.25) is 4.57 Å². The van der Waals surface area contributed by atoms with E-state index in [-0.39, 0.29) is 16.2 Å². The highest BCUT2D eigenvalue weighted by Gasteiger charge is 2.26. The molecule has 3 aromatic rings. The molecule has 1 N–H and O–H groups in total. The zero-order valence-electron chi connectivity index (χ0n) is 13.9. The average molecular weight is 444 g/mol. The van der Waals surface area contributed by atoms with E-state index in [9.17, 15) is 17.2 Å². The summed E-state index contributed by atoms with van der Waals surface area (Å²) < 4.78 is 56.0. The summed E-state index contributed by atoms with van der Waals surface area (Å²) in [6.07, 6.45) is 0. The molecular weight excluding hydrogens is 428 g/mol. The van der Waals surface area contributed by atoms with Crippen LogP contribution in [0, 0.1) is 6.92 Å². The maximum absolute atomic E-state index is 13.6. The molecule has 0 spiro atoms. The van der Waals surface area contributed by atoms with Crippen molar-refractivity contribution in [1.29, 1.82) is 0 Å². The first-order chi connectivity index (χ1) is 12.2. The van der Waals surface area contributed by atoms with Crippen molar-refractivity contribution < 1.29 is 17.2 Å². The number of para-hydroxylation sites is 2. The molecule has 3 rings (SSSR count). The Morgan fingerprint density at radius 2 is 1.88 bits per heavy atom. The van der Waals surface area contributed by atoms with Crippen LogP contribution in [0.15, 0.2) is 51.8 Å². The van der Waals surface area contributed by atoms with E-state index >= 15 is 0 Å². The minimum absolute atomic E-state index is 0.0367. The van der Waals surface area contributed by atoms with Gasteiger partial charge in [0.2, 0.25) is 10.0 Å². The molecule has 0 saturated heterocycles. The standard InChI is InChI=1S/C17H16BrF2N3O2S/c1-10-7-8-15(12(18)9-10)26(24,25)22-11(2)16-21-13-5-3-4-6-14(13)23(16)17(19)20/h3-9,11,17,22H,1-2H3/t11-/m0/s1. The van der Waals surface area contributed by atoms with Crippen LogP contribution >= 0.6 is 15.9 Å². The van der Waals surface area contributed by atoms with Crippen molar-refractivity contribution in [2.24, 2.45) is 0 Å². The van der Waals surface area contributed by atoms with Gasteiger partial charge in [-0.15, -0.1) is 0 Å². The maximum atomic E-state index is 13.6. The van der Waals surface area contributed by atoms with E-state index in [1.54, 1.807) is 30.3 Å². The lowest BCUT2D eigenvalue weighted by molar-refractivity contribution is 0.0702. The summed E-state index contributed by atoms with van der Waals surface area (Å²) in [5.74, 6) is -0.0481. The number of nitrogens with one attached hydrogen (secondary N) is 1. The van der Waals surface area contributed by atoms with Crippen molar-refractivity contribution in [2.75, 3.05) is 0 Å². The Morgan fingerprint density at radius 3 is 2.54 bits per heavy atom. The van der Waals surface area contributed by atoms with Gasteiger partial charge in [0.1, 0.15) is 5.82 Å².